The Morgan fingerprint density at radius 3 is 2.19 bits per heavy atom. The van der Waals surface area contributed by atoms with Crippen LogP contribution >= 0.6 is 17.9 Å². The summed E-state index contributed by atoms with van der Waals surface area (Å²) >= 11 is 1.47. The maximum atomic E-state index is 10.7. The molecule has 3 rings (SSSR count). The second-order valence-corrected chi connectivity index (χ2v) is 7.06. The van der Waals surface area contributed by atoms with Crippen molar-refractivity contribution in [2.75, 3.05) is 7.05 Å². The van der Waals surface area contributed by atoms with Gasteiger partial charge in [0.25, 0.3) is 0 Å². The molecule has 0 amide bonds. The minimum absolute atomic E-state index is 0.419. The van der Waals surface area contributed by atoms with Crippen LogP contribution in [-0.2, 0) is 32.3 Å². The van der Waals surface area contributed by atoms with Crippen LogP contribution in [0.5, 0.6) is 5.75 Å². The molecule has 1 N–H and O–H groups in total. The number of para-hydroxylation sites is 1. The Balaban J connectivity index is 0.00000117. The van der Waals surface area contributed by atoms with Crippen LogP contribution in [0.4, 0.5) is 0 Å². The molecule has 0 bridgehead atoms. The molecule has 0 aliphatic heterocycles. The molecule has 1 unspecified atom stereocenters. The van der Waals surface area contributed by atoms with E-state index in [-0.39, 0.29) is 0 Å². The monoisotopic (exact) mass is 417 g/mol. The van der Waals surface area contributed by atoms with Crippen LogP contribution in [0, 0.1) is 0 Å². The van der Waals surface area contributed by atoms with Gasteiger partial charge in [-0.15, -0.1) is 6.54 Å². The molecular formula is C21H21ClNOPTi. The molecule has 5 heteroatoms. The van der Waals surface area contributed by atoms with Gasteiger partial charge in [0.2, 0.25) is 0 Å². The second-order valence-electron chi connectivity index (χ2n) is 5.73. The van der Waals surface area contributed by atoms with Crippen LogP contribution in [0.1, 0.15) is 16.7 Å². The molecular weight excluding hydrogens is 397 g/mol. The van der Waals surface area contributed by atoms with Crippen molar-refractivity contribution in [2.45, 2.75) is 13.0 Å². The number of phenolic OH excluding ortho intramolecular Hbond substituents is 1. The van der Waals surface area contributed by atoms with Gasteiger partial charge < -0.3 is 10.4 Å². The van der Waals surface area contributed by atoms with Crippen LogP contribution in [0.2, 0.25) is 0 Å². The number of nitrogens with zero attached hydrogens (tertiary/aromatic N) is 1. The van der Waals surface area contributed by atoms with Crippen molar-refractivity contribution in [1.29, 1.82) is 0 Å². The number of rotatable bonds is 6. The van der Waals surface area contributed by atoms with E-state index in [1.807, 2.05) is 55.6 Å². The third-order valence-electron chi connectivity index (χ3n) is 3.97. The summed E-state index contributed by atoms with van der Waals surface area (Å²) < 4.78 is 0. The van der Waals surface area contributed by atoms with Crippen LogP contribution < -0.4 is 10.6 Å². The van der Waals surface area contributed by atoms with E-state index in [9.17, 15) is 5.11 Å². The molecule has 0 saturated carbocycles. The maximum absolute atomic E-state index is 10.7. The van der Waals surface area contributed by atoms with E-state index < -0.39 is 0 Å². The van der Waals surface area contributed by atoms with Gasteiger partial charge in [0.05, 0.1) is 0 Å². The van der Waals surface area contributed by atoms with Crippen molar-refractivity contribution >= 4 is 28.5 Å². The van der Waals surface area contributed by atoms with Gasteiger partial charge in [-0.2, -0.15) is 7.05 Å². The van der Waals surface area contributed by atoms with E-state index in [4.69, 9.17) is 0 Å². The van der Waals surface area contributed by atoms with Gasteiger partial charge in [-0.1, -0.05) is 86.9 Å². The quantitative estimate of drug-likeness (QED) is 0.453. The Kier molecular flexibility index (Phi) is 9.39. The summed E-state index contributed by atoms with van der Waals surface area (Å²) in [4.78, 5) is 0. The fourth-order valence-electron chi connectivity index (χ4n) is 2.75. The summed E-state index contributed by atoms with van der Waals surface area (Å²) in [5, 5.41) is 17.2. The molecule has 0 heterocycles. The van der Waals surface area contributed by atoms with Gasteiger partial charge in [0.15, 0.2) is 0 Å². The summed E-state index contributed by atoms with van der Waals surface area (Å²) in [6.07, 6.45) is 0.747. The predicted octanol–water partition coefficient (Wildman–Crippen LogP) is 4.80. The number of phenols is 1. The summed E-state index contributed by atoms with van der Waals surface area (Å²) in [6.45, 7) is 0.716. The zero-order chi connectivity index (χ0) is 18.8. The third kappa shape index (κ3) is 5.94. The molecule has 0 aromatic heterocycles. The van der Waals surface area contributed by atoms with E-state index in [2.05, 4.69) is 38.9 Å². The Morgan fingerprint density at radius 2 is 1.46 bits per heavy atom. The number of halogens is 1. The molecule has 1 atom stereocenters. The minimum atomic E-state index is 0.419. The third-order valence-corrected chi connectivity index (χ3v) is 5.40. The van der Waals surface area contributed by atoms with Gasteiger partial charge >= 0.3 is 28.7 Å². The van der Waals surface area contributed by atoms with E-state index in [0.717, 1.165) is 17.3 Å². The van der Waals surface area contributed by atoms with E-state index in [1.54, 1.807) is 0 Å². The molecule has 2 nitrogen and oxygen atoms in total. The zero-order valence-corrected chi connectivity index (χ0v) is 17.9. The zero-order valence-electron chi connectivity index (χ0n) is 14.6. The molecule has 3 aromatic rings. The van der Waals surface area contributed by atoms with E-state index in [0.29, 0.717) is 20.9 Å². The Labute approximate surface area is 173 Å². The van der Waals surface area contributed by atoms with Gasteiger partial charge in [0.1, 0.15) is 5.75 Å². The van der Waals surface area contributed by atoms with Crippen molar-refractivity contribution in [3.63, 3.8) is 0 Å². The normalized spacial score (nSPS) is 10.5. The first kappa shape index (κ1) is 21.2. The van der Waals surface area contributed by atoms with Gasteiger partial charge in [0, 0.05) is 11.7 Å². The Morgan fingerprint density at radius 1 is 0.846 bits per heavy atom. The van der Waals surface area contributed by atoms with Crippen LogP contribution in [-0.4, -0.2) is 12.2 Å². The fourth-order valence-corrected chi connectivity index (χ4v) is 4.00. The molecule has 3 aromatic carbocycles. The predicted molar refractivity (Wildman–Crippen MR) is 110 cm³/mol. The van der Waals surface area contributed by atoms with Gasteiger partial charge in [-0.3, -0.25) is 0 Å². The van der Waals surface area contributed by atoms with Crippen LogP contribution in [0.25, 0.3) is 5.32 Å². The standard InChI is InChI=1S/C21H21NOP.ClH.Ti/c1-22-15-18-10-5-6-12-19(18)24-20-13-7-11-17(21(20)23)14-16-8-3-2-4-9-16;;/h2-13,23-24H,14-15H2,1H3;1H;/q-1;;+2/p-1. The van der Waals surface area contributed by atoms with Crippen LogP contribution in [0.15, 0.2) is 72.8 Å². The number of benzene rings is 3. The van der Waals surface area contributed by atoms with E-state index >= 15 is 0 Å². The van der Waals surface area contributed by atoms with Crippen molar-refractivity contribution < 1.29 is 24.5 Å². The first-order chi connectivity index (χ1) is 12.8. The molecule has 0 radical (unpaired) electrons. The molecule has 0 aliphatic rings. The number of hydrogen-bond donors (Lipinski definition) is 1. The average Bonchev–Trinajstić information content (AvgIpc) is 2.69. The molecule has 26 heavy (non-hydrogen) atoms. The van der Waals surface area contributed by atoms with Crippen LogP contribution in [0.3, 0.4) is 0 Å². The number of aromatic hydroxyl groups is 1. The Bertz CT molecular complexity index is 814. The molecule has 0 aliphatic carbocycles. The first-order valence-electron chi connectivity index (χ1n) is 8.22. The van der Waals surface area contributed by atoms with Gasteiger partial charge in [-0.25, -0.2) is 0 Å². The molecule has 0 spiro atoms. The van der Waals surface area contributed by atoms with Crippen molar-refractivity contribution in [1.82, 2.24) is 0 Å². The summed E-state index contributed by atoms with van der Waals surface area (Å²) in [6, 6.07) is 24.6. The molecule has 0 fully saturated rings. The summed E-state index contributed by atoms with van der Waals surface area (Å²) in [7, 11) is 6.90. The Hall–Kier alpha value is -1.15. The summed E-state index contributed by atoms with van der Waals surface area (Å²) in [5.74, 6) is 0.419. The van der Waals surface area contributed by atoms with Crippen molar-refractivity contribution in [3.05, 3.63) is 94.8 Å². The average molecular weight is 418 g/mol. The van der Waals surface area contributed by atoms with Gasteiger partial charge in [-0.05, 0) is 16.4 Å². The second kappa shape index (κ2) is 11.5. The molecule has 0 saturated heterocycles. The molecule has 132 valence electrons. The number of hydrogen-bond acceptors (Lipinski definition) is 1. The fraction of sp³-hybridized carbons (Fsp3) is 0.143. The van der Waals surface area contributed by atoms with Crippen molar-refractivity contribution in [3.8, 4) is 5.75 Å². The SMILES string of the molecule is C[N-]Cc1ccccc1Pc1cccc(Cc2ccccc2)c1O.[Cl][Ti+]. The van der Waals surface area contributed by atoms with Crippen molar-refractivity contribution in [2.24, 2.45) is 0 Å². The van der Waals surface area contributed by atoms with E-state index in [1.165, 1.54) is 35.8 Å². The topological polar surface area (TPSA) is 34.3 Å². The summed E-state index contributed by atoms with van der Waals surface area (Å²) in [5.41, 5.74) is 3.41. The first-order valence-corrected chi connectivity index (χ1v) is 11.4.